The van der Waals surface area contributed by atoms with Gasteiger partial charge in [0.2, 0.25) is 0 Å². The number of nitrogens with zero attached hydrogens (tertiary/aromatic N) is 1. The van der Waals surface area contributed by atoms with Gasteiger partial charge in [-0.2, -0.15) is 0 Å². The zero-order valence-electron chi connectivity index (χ0n) is 13.9. The number of likely N-dealkylation sites (tertiary alicyclic amines) is 1. The monoisotopic (exact) mass is 326 g/mol. The van der Waals surface area contributed by atoms with Crippen LogP contribution in [0, 0.1) is 11.6 Å². The van der Waals surface area contributed by atoms with Gasteiger partial charge in [-0.3, -0.25) is 4.90 Å². The summed E-state index contributed by atoms with van der Waals surface area (Å²) in [5.74, 6) is -0.816. The molecule has 1 heterocycles. The number of rotatable bonds is 3. The van der Waals surface area contributed by atoms with E-state index in [-0.39, 0.29) is 11.9 Å². The Morgan fingerprint density at radius 2 is 1.96 bits per heavy atom. The fourth-order valence-electron chi connectivity index (χ4n) is 2.62. The molecular formula is C17H24F2N2O2. The van der Waals surface area contributed by atoms with Crippen LogP contribution in [-0.4, -0.2) is 35.7 Å². The molecule has 0 saturated carbocycles. The van der Waals surface area contributed by atoms with E-state index in [0.29, 0.717) is 12.1 Å². The molecule has 0 aliphatic carbocycles. The van der Waals surface area contributed by atoms with Gasteiger partial charge in [0.25, 0.3) is 0 Å². The number of piperidine rings is 1. The Balaban J connectivity index is 1.80. The summed E-state index contributed by atoms with van der Waals surface area (Å²) in [6, 6.07) is 3.57. The second-order valence-electron chi connectivity index (χ2n) is 6.93. The van der Waals surface area contributed by atoms with Crippen LogP contribution in [0.5, 0.6) is 0 Å². The van der Waals surface area contributed by atoms with E-state index in [4.69, 9.17) is 4.74 Å². The van der Waals surface area contributed by atoms with Crippen LogP contribution in [0.2, 0.25) is 0 Å². The second-order valence-corrected chi connectivity index (χ2v) is 6.93. The topological polar surface area (TPSA) is 41.6 Å². The largest absolute Gasteiger partial charge is 0.444 e. The number of hydrogen-bond acceptors (Lipinski definition) is 3. The Kier molecular flexibility index (Phi) is 5.57. The Morgan fingerprint density at radius 1 is 1.30 bits per heavy atom. The molecule has 128 valence electrons. The lowest BCUT2D eigenvalue weighted by Gasteiger charge is -2.32. The lowest BCUT2D eigenvalue weighted by Crippen LogP contribution is -2.45. The third-order valence-electron chi connectivity index (χ3n) is 3.71. The van der Waals surface area contributed by atoms with Gasteiger partial charge in [-0.15, -0.1) is 0 Å². The quantitative estimate of drug-likeness (QED) is 0.925. The molecule has 1 aliphatic heterocycles. The molecule has 1 amide bonds. The lowest BCUT2D eigenvalue weighted by molar-refractivity contribution is 0.0477. The van der Waals surface area contributed by atoms with Crippen LogP contribution in [0.4, 0.5) is 13.6 Å². The first-order valence-electron chi connectivity index (χ1n) is 7.89. The van der Waals surface area contributed by atoms with Gasteiger partial charge in [-0.25, -0.2) is 13.6 Å². The maximum Gasteiger partial charge on any atom is 0.407 e. The molecule has 1 N–H and O–H groups in total. The summed E-state index contributed by atoms with van der Waals surface area (Å²) >= 11 is 0. The lowest BCUT2D eigenvalue weighted by atomic mass is 10.0. The standard InChI is InChI=1S/C17H24F2N2O2/c1-17(2,3)23-16(22)20-14-6-8-21(9-7-14)11-12-10-13(18)4-5-15(12)19/h4-5,10,14H,6-9,11H2,1-3H3,(H,20,22). The van der Waals surface area contributed by atoms with Gasteiger partial charge in [-0.1, -0.05) is 0 Å². The van der Waals surface area contributed by atoms with Crippen molar-refractivity contribution in [3.05, 3.63) is 35.4 Å². The van der Waals surface area contributed by atoms with Crippen molar-refractivity contribution < 1.29 is 18.3 Å². The molecule has 0 bridgehead atoms. The molecule has 2 rings (SSSR count). The predicted octanol–water partition coefficient (Wildman–Crippen LogP) is 3.45. The van der Waals surface area contributed by atoms with E-state index in [2.05, 4.69) is 10.2 Å². The van der Waals surface area contributed by atoms with E-state index in [1.807, 2.05) is 20.8 Å². The van der Waals surface area contributed by atoms with Crippen LogP contribution in [0.1, 0.15) is 39.2 Å². The van der Waals surface area contributed by atoms with Crippen molar-refractivity contribution in [3.8, 4) is 0 Å². The number of alkyl carbamates (subject to hydrolysis) is 1. The van der Waals surface area contributed by atoms with Gasteiger partial charge >= 0.3 is 6.09 Å². The summed E-state index contributed by atoms with van der Waals surface area (Å²) in [5.41, 5.74) is -0.150. The van der Waals surface area contributed by atoms with E-state index in [0.717, 1.165) is 38.1 Å². The summed E-state index contributed by atoms with van der Waals surface area (Å²) < 4.78 is 32.1. The van der Waals surface area contributed by atoms with Gasteiger partial charge in [0.1, 0.15) is 17.2 Å². The number of halogens is 2. The summed E-state index contributed by atoms with van der Waals surface area (Å²) in [7, 11) is 0. The van der Waals surface area contributed by atoms with E-state index in [1.54, 1.807) is 0 Å². The van der Waals surface area contributed by atoms with Crippen LogP contribution in [0.15, 0.2) is 18.2 Å². The Labute approximate surface area is 135 Å². The molecule has 0 aromatic heterocycles. The number of amides is 1. The van der Waals surface area contributed by atoms with Gasteiger partial charge < -0.3 is 10.1 Å². The first-order valence-corrected chi connectivity index (χ1v) is 7.89. The molecule has 0 unspecified atom stereocenters. The number of carbonyl (C=O) groups is 1. The van der Waals surface area contributed by atoms with Gasteiger partial charge in [0, 0.05) is 31.2 Å². The Morgan fingerprint density at radius 3 is 2.57 bits per heavy atom. The van der Waals surface area contributed by atoms with Crippen LogP contribution < -0.4 is 5.32 Å². The maximum absolute atomic E-state index is 13.7. The summed E-state index contributed by atoms with van der Waals surface area (Å²) in [4.78, 5) is 13.8. The van der Waals surface area contributed by atoms with Gasteiger partial charge in [0.05, 0.1) is 0 Å². The molecule has 6 heteroatoms. The average molecular weight is 326 g/mol. The van der Waals surface area contributed by atoms with Crippen LogP contribution in [0.25, 0.3) is 0 Å². The summed E-state index contributed by atoms with van der Waals surface area (Å²) in [6.07, 6.45) is 1.11. The molecule has 0 spiro atoms. The molecule has 1 saturated heterocycles. The minimum atomic E-state index is -0.514. The highest BCUT2D eigenvalue weighted by atomic mass is 19.1. The van der Waals surface area contributed by atoms with E-state index < -0.39 is 17.5 Å². The third-order valence-corrected chi connectivity index (χ3v) is 3.71. The normalized spacial score (nSPS) is 17.1. The van der Waals surface area contributed by atoms with E-state index in [9.17, 15) is 13.6 Å². The van der Waals surface area contributed by atoms with Crippen molar-refractivity contribution in [1.82, 2.24) is 10.2 Å². The number of ether oxygens (including phenoxy) is 1. The highest BCUT2D eigenvalue weighted by Crippen LogP contribution is 2.17. The van der Waals surface area contributed by atoms with Crippen molar-refractivity contribution in [3.63, 3.8) is 0 Å². The predicted molar refractivity (Wildman–Crippen MR) is 84.0 cm³/mol. The minimum Gasteiger partial charge on any atom is -0.444 e. The first-order chi connectivity index (χ1) is 10.7. The van der Waals surface area contributed by atoms with Gasteiger partial charge in [-0.05, 0) is 51.8 Å². The first kappa shape index (κ1) is 17.7. The number of hydrogen-bond donors (Lipinski definition) is 1. The minimum absolute atomic E-state index is 0.0541. The molecule has 1 aliphatic rings. The molecule has 1 aromatic rings. The average Bonchev–Trinajstić information content (AvgIpc) is 2.43. The van der Waals surface area contributed by atoms with Crippen molar-refractivity contribution in [2.45, 2.75) is 51.8 Å². The molecule has 23 heavy (non-hydrogen) atoms. The fraction of sp³-hybridized carbons (Fsp3) is 0.588. The van der Waals surface area contributed by atoms with Crippen molar-refractivity contribution in [2.24, 2.45) is 0 Å². The number of nitrogens with one attached hydrogen (secondary N) is 1. The molecule has 1 fully saturated rings. The fourth-order valence-corrected chi connectivity index (χ4v) is 2.62. The van der Waals surface area contributed by atoms with E-state index in [1.165, 1.54) is 6.07 Å². The smallest absolute Gasteiger partial charge is 0.407 e. The Bertz CT molecular complexity index is 550. The van der Waals surface area contributed by atoms with E-state index >= 15 is 0 Å². The zero-order valence-corrected chi connectivity index (χ0v) is 13.9. The zero-order chi connectivity index (χ0) is 17.0. The van der Waals surface area contributed by atoms with Crippen LogP contribution in [-0.2, 0) is 11.3 Å². The summed E-state index contributed by atoms with van der Waals surface area (Å²) in [6.45, 7) is 7.28. The SMILES string of the molecule is CC(C)(C)OC(=O)NC1CCN(Cc2cc(F)ccc2F)CC1. The third kappa shape index (κ3) is 5.78. The summed E-state index contributed by atoms with van der Waals surface area (Å²) in [5, 5.41) is 2.86. The Hall–Kier alpha value is -1.69. The van der Waals surface area contributed by atoms with Crippen molar-refractivity contribution in [1.29, 1.82) is 0 Å². The van der Waals surface area contributed by atoms with Crippen molar-refractivity contribution in [2.75, 3.05) is 13.1 Å². The number of carbonyl (C=O) groups excluding carboxylic acids is 1. The molecular weight excluding hydrogens is 302 g/mol. The van der Waals surface area contributed by atoms with Crippen LogP contribution in [0.3, 0.4) is 0 Å². The highest BCUT2D eigenvalue weighted by Gasteiger charge is 2.24. The maximum atomic E-state index is 13.7. The second kappa shape index (κ2) is 7.25. The molecule has 4 nitrogen and oxygen atoms in total. The molecule has 1 aromatic carbocycles. The van der Waals surface area contributed by atoms with Crippen molar-refractivity contribution >= 4 is 6.09 Å². The van der Waals surface area contributed by atoms with Crippen LogP contribution >= 0.6 is 0 Å². The molecule has 0 atom stereocenters. The molecule has 0 radical (unpaired) electrons. The number of benzene rings is 1. The van der Waals surface area contributed by atoms with Gasteiger partial charge in [0.15, 0.2) is 0 Å². The highest BCUT2D eigenvalue weighted by molar-refractivity contribution is 5.68.